The van der Waals surface area contributed by atoms with Crippen LogP contribution in [0.4, 0.5) is 10.5 Å². The Bertz CT molecular complexity index is 1910. The van der Waals surface area contributed by atoms with Gasteiger partial charge in [-0.3, -0.25) is 4.79 Å². The van der Waals surface area contributed by atoms with Crippen molar-refractivity contribution in [3.05, 3.63) is 106 Å². The van der Waals surface area contributed by atoms with Gasteiger partial charge in [0.15, 0.2) is 0 Å². The summed E-state index contributed by atoms with van der Waals surface area (Å²) >= 11 is 6.45. The largest absolute Gasteiger partial charge is 0.488 e. The van der Waals surface area contributed by atoms with E-state index >= 15 is 0 Å². The molecule has 2 bridgehead atoms. The van der Waals surface area contributed by atoms with Gasteiger partial charge in [0.2, 0.25) is 0 Å². The Kier molecular flexibility index (Phi) is 10.7. The number of hydrogen-bond donors (Lipinski definition) is 1. The lowest BCUT2D eigenvalue weighted by molar-refractivity contribution is 0.0134. The number of aryl methyl sites for hydroxylation is 1. The molecule has 270 valence electrons. The molecule has 0 radical (unpaired) electrons. The zero-order valence-electron chi connectivity index (χ0n) is 29.2. The molecular formula is C40H46ClN3O6S. The van der Waals surface area contributed by atoms with Gasteiger partial charge in [-0.05, 0) is 111 Å². The van der Waals surface area contributed by atoms with E-state index in [1.165, 1.54) is 11.1 Å². The van der Waals surface area contributed by atoms with Crippen molar-refractivity contribution in [3.8, 4) is 5.75 Å². The van der Waals surface area contributed by atoms with Crippen molar-refractivity contribution in [1.82, 2.24) is 4.72 Å². The van der Waals surface area contributed by atoms with Gasteiger partial charge in [0.1, 0.15) is 27.9 Å². The second-order valence-corrected chi connectivity index (χ2v) is 16.7. The molecular weight excluding hydrogens is 686 g/mol. The summed E-state index contributed by atoms with van der Waals surface area (Å²) in [6, 6.07) is 20.8. The minimum absolute atomic E-state index is 0.0193. The zero-order chi connectivity index (χ0) is 35.5. The first kappa shape index (κ1) is 35.5. The Morgan fingerprint density at radius 3 is 2.69 bits per heavy atom. The number of nitrogens with one attached hydrogen (secondary N) is 1. The molecule has 11 heteroatoms. The van der Waals surface area contributed by atoms with Crippen LogP contribution in [-0.4, -0.2) is 54.4 Å². The van der Waals surface area contributed by atoms with Crippen LogP contribution in [0.15, 0.2) is 83.2 Å². The van der Waals surface area contributed by atoms with Gasteiger partial charge in [0, 0.05) is 36.7 Å². The van der Waals surface area contributed by atoms with E-state index in [9.17, 15) is 13.8 Å². The summed E-state index contributed by atoms with van der Waals surface area (Å²) in [4.78, 5) is 29.3. The first-order chi connectivity index (χ1) is 24.7. The molecule has 9 nitrogen and oxygen atoms in total. The van der Waals surface area contributed by atoms with Crippen LogP contribution >= 0.6 is 11.6 Å². The summed E-state index contributed by atoms with van der Waals surface area (Å²) in [7, 11) is -1.78. The fraction of sp³-hybridized carbons (Fsp3) is 0.450. The number of amides is 2. The Morgan fingerprint density at radius 1 is 1.06 bits per heavy atom. The average Bonchev–Trinajstić information content (AvgIpc) is 3.36. The Labute approximate surface area is 306 Å². The van der Waals surface area contributed by atoms with Crippen LogP contribution in [0.5, 0.6) is 5.75 Å². The van der Waals surface area contributed by atoms with Crippen LogP contribution in [0.25, 0.3) is 0 Å². The van der Waals surface area contributed by atoms with E-state index < -0.39 is 28.0 Å². The molecule has 1 unspecified atom stereocenters. The van der Waals surface area contributed by atoms with Gasteiger partial charge in [-0.2, -0.15) is 0 Å². The number of halogens is 1. The van der Waals surface area contributed by atoms with E-state index in [1.807, 2.05) is 54.6 Å². The van der Waals surface area contributed by atoms with Gasteiger partial charge in [-0.25, -0.2) is 13.7 Å². The lowest BCUT2D eigenvalue weighted by atomic mass is 9.70. The monoisotopic (exact) mass is 731 g/mol. The fourth-order valence-corrected chi connectivity index (χ4v) is 9.72. The average molecular weight is 732 g/mol. The van der Waals surface area contributed by atoms with E-state index in [0.29, 0.717) is 37.0 Å². The third kappa shape index (κ3) is 7.98. The zero-order valence-corrected chi connectivity index (χ0v) is 30.7. The van der Waals surface area contributed by atoms with Gasteiger partial charge >= 0.3 is 6.09 Å². The number of hydrogen-bond acceptors (Lipinski definition) is 7. The number of carbonyl (C=O) groups excluding carboxylic acids is 2. The van der Waals surface area contributed by atoms with Crippen LogP contribution in [0, 0.1) is 11.8 Å². The number of ether oxygens (including phenoxy) is 3. The third-order valence-corrected chi connectivity index (χ3v) is 12.9. The standard InChI is InChI=1S/C40H46ClN3O6S/c1-26(27-10-5-3-6-11-27)49-40(46)43-51(47)21-8-4-7-13-36(48-2)33-18-15-30(33)24-44-25-34-32-19-17-31(41)22-28(32)12-9-14-37(34)50-38-20-16-29(23-35(38)44)39(45)42-51/h3,5-7,10-11,13,16-17,19-20,22-23,26,30,33-34,36-37H,4,8-9,12,14-15,18,21,24-25H2,1-2H3,(H,42,43,45,46,47)/b13-7+/t26-,30-,33+,34+,36-,37?,51-/m0/s1. The maximum absolute atomic E-state index is 14.3. The summed E-state index contributed by atoms with van der Waals surface area (Å²) in [5.74, 6) is 0.869. The number of carbonyl (C=O) groups is 2. The SMILES string of the molecule is CO[C@H]1/C=C/CCC[S@@](=O)(NC(=O)O[C@@H](C)c2ccccc2)=NC(=O)c2ccc3c(c2)N(C[C@@H]2CC[C@H]21)C[C@@H]1c2ccc(Cl)cc2CCCC1O3. The fourth-order valence-electron chi connectivity index (χ4n) is 8.05. The Hall–Kier alpha value is -3.86. The molecule has 2 aliphatic carbocycles. The molecule has 4 aliphatic rings. The van der Waals surface area contributed by atoms with E-state index in [-0.39, 0.29) is 29.4 Å². The van der Waals surface area contributed by atoms with Crippen molar-refractivity contribution in [1.29, 1.82) is 0 Å². The third-order valence-electron chi connectivity index (χ3n) is 10.9. The summed E-state index contributed by atoms with van der Waals surface area (Å²) in [6.07, 6.45) is 8.59. The number of allylic oxidation sites excluding steroid dienone is 1. The number of benzene rings is 3. The summed E-state index contributed by atoms with van der Waals surface area (Å²) in [5, 5.41) is 0.739. The van der Waals surface area contributed by atoms with Crippen molar-refractivity contribution in [2.24, 2.45) is 16.2 Å². The van der Waals surface area contributed by atoms with Crippen LogP contribution in [-0.2, 0) is 25.8 Å². The topological polar surface area (TPSA) is 107 Å². The first-order valence-electron chi connectivity index (χ1n) is 18.1. The second kappa shape index (κ2) is 15.4. The molecule has 7 atom stereocenters. The van der Waals surface area contributed by atoms with E-state index in [4.69, 9.17) is 25.8 Å². The predicted octanol–water partition coefficient (Wildman–Crippen LogP) is 8.43. The lowest BCUT2D eigenvalue weighted by Gasteiger charge is -2.43. The quantitative estimate of drug-likeness (QED) is 0.269. The molecule has 1 N–H and O–H groups in total. The molecule has 51 heavy (non-hydrogen) atoms. The number of fused-ring (bicyclic) bond motifs is 5. The molecule has 2 amide bonds. The van der Waals surface area contributed by atoms with Gasteiger partial charge < -0.3 is 19.1 Å². The molecule has 3 aromatic rings. The molecule has 0 saturated heterocycles. The normalized spacial score (nSPS) is 28.8. The van der Waals surface area contributed by atoms with Gasteiger partial charge in [-0.1, -0.05) is 60.2 Å². The minimum Gasteiger partial charge on any atom is -0.488 e. The van der Waals surface area contributed by atoms with Crippen molar-refractivity contribution in [2.75, 3.05) is 30.9 Å². The molecule has 1 saturated carbocycles. The maximum atomic E-state index is 14.3. The van der Waals surface area contributed by atoms with Crippen LogP contribution in [0.1, 0.15) is 84.5 Å². The highest BCUT2D eigenvalue weighted by molar-refractivity contribution is 7.92. The molecule has 0 spiro atoms. The predicted molar refractivity (Wildman–Crippen MR) is 200 cm³/mol. The van der Waals surface area contributed by atoms with Crippen molar-refractivity contribution >= 4 is 39.2 Å². The van der Waals surface area contributed by atoms with Crippen molar-refractivity contribution < 1.29 is 28.0 Å². The highest BCUT2D eigenvalue weighted by atomic mass is 35.5. The Balaban J connectivity index is 1.24. The minimum atomic E-state index is -3.54. The summed E-state index contributed by atoms with van der Waals surface area (Å²) < 4.78 is 39.4. The molecule has 0 aromatic heterocycles. The first-order valence-corrected chi connectivity index (χ1v) is 20.1. The number of methoxy groups -OCH3 is 1. The van der Waals surface area contributed by atoms with Crippen LogP contribution < -0.4 is 14.4 Å². The Morgan fingerprint density at radius 2 is 1.90 bits per heavy atom. The van der Waals surface area contributed by atoms with E-state index in [0.717, 1.165) is 54.9 Å². The van der Waals surface area contributed by atoms with Crippen molar-refractivity contribution in [2.45, 2.75) is 76.1 Å². The molecule has 3 aromatic carbocycles. The van der Waals surface area contributed by atoms with Crippen LogP contribution in [0.3, 0.4) is 0 Å². The lowest BCUT2D eigenvalue weighted by Crippen LogP contribution is -2.44. The van der Waals surface area contributed by atoms with Gasteiger partial charge in [-0.15, -0.1) is 4.36 Å². The van der Waals surface area contributed by atoms with Crippen LogP contribution in [0.2, 0.25) is 5.02 Å². The molecule has 2 heterocycles. The van der Waals surface area contributed by atoms with E-state index in [2.05, 4.69) is 32.2 Å². The summed E-state index contributed by atoms with van der Waals surface area (Å²) in [5.41, 5.74) is 4.41. The smallest absolute Gasteiger partial charge is 0.420 e. The maximum Gasteiger partial charge on any atom is 0.420 e. The number of anilines is 1. The highest BCUT2D eigenvalue weighted by Gasteiger charge is 2.41. The van der Waals surface area contributed by atoms with Gasteiger partial charge in [0.05, 0.1) is 17.5 Å². The molecule has 1 fully saturated rings. The molecule has 7 rings (SSSR count). The molecule has 2 aliphatic heterocycles. The summed E-state index contributed by atoms with van der Waals surface area (Å²) in [6.45, 7) is 3.22. The number of nitrogens with zero attached hydrogens (tertiary/aromatic N) is 2. The van der Waals surface area contributed by atoms with Crippen molar-refractivity contribution in [3.63, 3.8) is 0 Å². The van der Waals surface area contributed by atoms with E-state index in [1.54, 1.807) is 20.1 Å². The second-order valence-electron chi connectivity index (χ2n) is 14.2. The highest BCUT2D eigenvalue weighted by Crippen LogP contribution is 2.45. The van der Waals surface area contributed by atoms with Gasteiger partial charge in [0.25, 0.3) is 5.91 Å². The number of rotatable bonds is 4.